The van der Waals surface area contributed by atoms with Gasteiger partial charge in [0, 0.05) is 35.6 Å². The molecular formula is C21H23FN2O2S. The number of benzene rings is 2. The van der Waals surface area contributed by atoms with Gasteiger partial charge in [-0.15, -0.1) is 0 Å². The second-order valence-corrected chi connectivity index (χ2v) is 9.31. The van der Waals surface area contributed by atoms with Gasteiger partial charge in [0.15, 0.2) is 0 Å². The van der Waals surface area contributed by atoms with Gasteiger partial charge in [0.25, 0.3) is 0 Å². The van der Waals surface area contributed by atoms with Crippen LogP contribution in [0.25, 0.3) is 10.9 Å². The molecule has 4 rings (SSSR count). The first-order valence-corrected chi connectivity index (χ1v) is 10.6. The molecule has 1 N–H and O–H groups in total. The Bertz CT molecular complexity index is 1100. The minimum absolute atomic E-state index is 0.248. The highest BCUT2D eigenvalue weighted by molar-refractivity contribution is 7.89. The zero-order valence-corrected chi connectivity index (χ0v) is 16.3. The van der Waals surface area contributed by atoms with Crippen molar-refractivity contribution in [2.45, 2.75) is 37.5 Å². The fourth-order valence-corrected chi connectivity index (χ4v) is 5.66. The van der Waals surface area contributed by atoms with Crippen LogP contribution in [-0.4, -0.2) is 30.8 Å². The molecular weight excluding hydrogens is 363 g/mol. The van der Waals surface area contributed by atoms with Gasteiger partial charge >= 0.3 is 0 Å². The molecule has 3 aromatic rings. The number of hydrogen-bond acceptors (Lipinski definition) is 2. The van der Waals surface area contributed by atoms with Gasteiger partial charge in [-0.3, -0.25) is 0 Å². The van der Waals surface area contributed by atoms with Crippen LogP contribution in [0.4, 0.5) is 4.39 Å². The molecule has 142 valence electrons. The van der Waals surface area contributed by atoms with Crippen molar-refractivity contribution >= 4 is 20.9 Å². The molecule has 0 amide bonds. The van der Waals surface area contributed by atoms with Gasteiger partial charge in [-0.1, -0.05) is 12.1 Å². The highest BCUT2D eigenvalue weighted by Gasteiger charge is 2.31. The van der Waals surface area contributed by atoms with Crippen LogP contribution < -0.4 is 0 Å². The van der Waals surface area contributed by atoms with Gasteiger partial charge < -0.3 is 4.98 Å². The maximum atomic E-state index is 13.4. The third-order valence-corrected chi connectivity index (χ3v) is 7.50. The first kappa shape index (κ1) is 18.2. The Morgan fingerprint density at radius 1 is 1.04 bits per heavy atom. The van der Waals surface area contributed by atoms with Crippen molar-refractivity contribution in [3.8, 4) is 0 Å². The fraction of sp³-hybridized carbons (Fsp3) is 0.333. The van der Waals surface area contributed by atoms with E-state index in [2.05, 4.69) is 4.98 Å². The maximum absolute atomic E-state index is 13.4. The molecule has 1 aromatic heterocycles. The molecule has 0 unspecified atom stereocenters. The number of piperidine rings is 1. The van der Waals surface area contributed by atoms with Crippen LogP contribution in [0.2, 0.25) is 0 Å². The molecule has 4 nitrogen and oxygen atoms in total. The molecule has 1 fully saturated rings. The molecule has 0 aliphatic carbocycles. The van der Waals surface area contributed by atoms with Gasteiger partial charge in [0.2, 0.25) is 10.0 Å². The Morgan fingerprint density at radius 2 is 1.78 bits per heavy atom. The molecule has 0 bridgehead atoms. The first-order chi connectivity index (χ1) is 12.8. The second kappa shape index (κ2) is 6.77. The van der Waals surface area contributed by atoms with E-state index in [9.17, 15) is 12.8 Å². The van der Waals surface area contributed by atoms with Crippen molar-refractivity contribution in [3.05, 3.63) is 65.1 Å². The van der Waals surface area contributed by atoms with Gasteiger partial charge in [0.05, 0.1) is 4.90 Å². The summed E-state index contributed by atoms with van der Waals surface area (Å²) in [5.74, 6) is 0.00741. The summed E-state index contributed by atoms with van der Waals surface area (Å²) < 4.78 is 41.1. The lowest BCUT2D eigenvalue weighted by molar-refractivity contribution is 0.317. The highest BCUT2D eigenvalue weighted by atomic mass is 32.2. The van der Waals surface area contributed by atoms with Crippen LogP contribution >= 0.6 is 0 Å². The lowest BCUT2D eigenvalue weighted by Crippen LogP contribution is -2.38. The molecule has 2 aromatic carbocycles. The number of H-pyrrole nitrogens is 1. The summed E-state index contributed by atoms with van der Waals surface area (Å²) in [6.07, 6.45) is 1.50. The highest BCUT2D eigenvalue weighted by Crippen LogP contribution is 2.33. The van der Waals surface area contributed by atoms with E-state index in [-0.39, 0.29) is 11.7 Å². The molecule has 1 saturated heterocycles. The van der Waals surface area contributed by atoms with Crippen molar-refractivity contribution in [1.82, 2.24) is 9.29 Å². The van der Waals surface area contributed by atoms with E-state index in [1.807, 2.05) is 32.0 Å². The number of halogens is 1. The van der Waals surface area contributed by atoms with Crippen molar-refractivity contribution in [3.63, 3.8) is 0 Å². The normalized spacial score (nSPS) is 16.9. The average Bonchev–Trinajstić information content (AvgIpc) is 3.07. The van der Waals surface area contributed by atoms with E-state index in [0.29, 0.717) is 18.0 Å². The fourth-order valence-electron chi connectivity index (χ4n) is 3.88. The standard InChI is InChI=1S/C21H23FN2O2S/c1-14-3-4-15(2)21(11-14)27(25,26)24-9-7-16(8-10-24)20-13-17-12-18(22)5-6-19(17)23-20/h3-6,11-13,16,23H,7-10H2,1-2H3. The largest absolute Gasteiger partial charge is 0.358 e. The minimum Gasteiger partial charge on any atom is -0.358 e. The summed E-state index contributed by atoms with van der Waals surface area (Å²) in [4.78, 5) is 3.76. The number of nitrogens with zero attached hydrogens (tertiary/aromatic N) is 1. The monoisotopic (exact) mass is 386 g/mol. The summed E-state index contributed by atoms with van der Waals surface area (Å²) in [5.41, 5.74) is 3.69. The van der Waals surface area contributed by atoms with Crippen LogP contribution in [0.15, 0.2) is 47.4 Å². The zero-order valence-electron chi connectivity index (χ0n) is 15.5. The number of aromatic nitrogens is 1. The summed E-state index contributed by atoms with van der Waals surface area (Å²) in [6, 6.07) is 12.2. The van der Waals surface area contributed by atoms with Crippen LogP contribution in [-0.2, 0) is 10.0 Å². The Hall–Kier alpha value is -2.18. The molecule has 1 aliphatic rings. The van der Waals surface area contributed by atoms with Crippen LogP contribution in [0.1, 0.15) is 35.6 Å². The topological polar surface area (TPSA) is 53.2 Å². The second-order valence-electron chi connectivity index (χ2n) is 7.40. The van der Waals surface area contributed by atoms with Gasteiger partial charge in [-0.2, -0.15) is 4.31 Å². The number of aryl methyl sites for hydroxylation is 2. The Labute approximate surface area is 159 Å². The van der Waals surface area contributed by atoms with Gasteiger partial charge in [-0.05, 0) is 68.1 Å². The van der Waals surface area contributed by atoms with E-state index < -0.39 is 10.0 Å². The summed E-state index contributed by atoms with van der Waals surface area (Å²) >= 11 is 0. The Kier molecular flexibility index (Phi) is 4.56. The number of fused-ring (bicyclic) bond motifs is 1. The molecule has 1 aliphatic heterocycles. The Morgan fingerprint density at radius 3 is 2.52 bits per heavy atom. The van der Waals surface area contributed by atoms with Crippen LogP contribution in [0.5, 0.6) is 0 Å². The maximum Gasteiger partial charge on any atom is 0.243 e. The summed E-state index contributed by atoms with van der Waals surface area (Å²) in [7, 11) is -3.48. The Balaban J connectivity index is 1.53. The predicted molar refractivity (Wildman–Crippen MR) is 105 cm³/mol. The van der Waals surface area contributed by atoms with Crippen molar-refractivity contribution in [1.29, 1.82) is 0 Å². The van der Waals surface area contributed by atoms with Crippen molar-refractivity contribution in [2.24, 2.45) is 0 Å². The summed E-state index contributed by atoms with van der Waals surface area (Å²) in [5, 5.41) is 0.857. The molecule has 0 spiro atoms. The number of aromatic amines is 1. The lowest BCUT2D eigenvalue weighted by atomic mass is 9.95. The smallest absolute Gasteiger partial charge is 0.243 e. The first-order valence-electron chi connectivity index (χ1n) is 9.20. The number of hydrogen-bond donors (Lipinski definition) is 1. The minimum atomic E-state index is -3.48. The van der Waals surface area contributed by atoms with E-state index in [0.717, 1.165) is 40.6 Å². The third-order valence-electron chi connectivity index (χ3n) is 5.46. The average molecular weight is 386 g/mol. The summed E-state index contributed by atoms with van der Waals surface area (Å²) in [6.45, 7) is 4.72. The van der Waals surface area contributed by atoms with E-state index in [4.69, 9.17) is 0 Å². The van der Waals surface area contributed by atoms with Crippen molar-refractivity contribution in [2.75, 3.05) is 13.1 Å². The quantitative estimate of drug-likeness (QED) is 0.721. The molecule has 0 atom stereocenters. The van der Waals surface area contributed by atoms with E-state index in [1.165, 1.54) is 12.1 Å². The predicted octanol–water partition coefficient (Wildman–Crippen LogP) is 4.49. The SMILES string of the molecule is Cc1ccc(C)c(S(=O)(=O)N2CCC(c3cc4cc(F)ccc4[nH]3)CC2)c1. The number of nitrogens with one attached hydrogen (secondary N) is 1. The molecule has 2 heterocycles. The molecule has 27 heavy (non-hydrogen) atoms. The molecule has 0 saturated carbocycles. The number of sulfonamides is 1. The van der Waals surface area contributed by atoms with E-state index in [1.54, 1.807) is 16.4 Å². The van der Waals surface area contributed by atoms with Crippen LogP contribution in [0.3, 0.4) is 0 Å². The molecule has 6 heteroatoms. The van der Waals surface area contributed by atoms with Gasteiger partial charge in [0.1, 0.15) is 5.82 Å². The van der Waals surface area contributed by atoms with Crippen LogP contribution in [0, 0.1) is 19.7 Å². The molecule has 0 radical (unpaired) electrons. The zero-order chi connectivity index (χ0) is 19.2. The van der Waals surface area contributed by atoms with Gasteiger partial charge in [-0.25, -0.2) is 12.8 Å². The third kappa shape index (κ3) is 3.39. The lowest BCUT2D eigenvalue weighted by Gasteiger charge is -2.31. The van der Waals surface area contributed by atoms with E-state index >= 15 is 0 Å². The van der Waals surface area contributed by atoms with Crippen molar-refractivity contribution < 1.29 is 12.8 Å². The number of rotatable bonds is 3.